The highest BCUT2D eigenvalue weighted by Gasteiger charge is 2.15. The standard InChI is InChI=1S/C20H22F2N2O2.ClH/c21-16-3-1-2-4-18(16)26-19-7-5-15(11-17(19)22)13-24-20(25)8-6-14-9-10-23-12-14;/h1-5,7,11,14,23H,6,8-10,12-13H2,(H,24,25);1H. The van der Waals surface area contributed by atoms with E-state index in [1.165, 1.54) is 30.3 Å². The second-order valence-corrected chi connectivity index (χ2v) is 6.47. The molecule has 1 amide bonds. The summed E-state index contributed by atoms with van der Waals surface area (Å²) in [5, 5.41) is 6.08. The fraction of sp³-hybridized carbons (Fsp3) is 0.350. The number of carbonyl (C=O) groups excluding carboxylic acids is 1. The number of rotatable bonds is 7. The van der Waals surface area contributed by atoms with Crippen molar-refractivity contribution >= 4 is 18.3 Å². The summed E-state index contributed by atoms with van der Waals surface area (Å²) < 4.78 is 33.0. The van der Waals surface area contributed by atoms with E-state index >= 15 is 0 Å². The maximum Gasteiger partial charge on any atom is 0.220 e. The minimum Gasteiger partial charge on any atom is -0.451 e. The van der Waals surface area contributed by atoms with Gasteiger partial charge in [-0.3, -0.25) is 4.79 Å². The van der Waals surface area contributed by atoms with Crippen molar-refractivity contribution in [3.8, 4) is 11.5 Å². The maximum atomic E-state index is 14.2. The van der Waals surface area contributed by atoms with Gasteiger partial charge in [0.15, 0.2) is 23.1 Å². The van der Waals surface area contributed by atoms with Crippen LogP contribution in [-0.2, 0) is 11.3 Å². The van der Waals surface area contributed by atoms with Crippen LogP contribution < -0.4 is 15.4 Å². The van der Waals surface area contributed by atoms with Gasteiger partial charge in [-0.25, -0.2) is 8.78 Å². The number of carbonyl (C=O) groups is 1. The van der Waals surface area contributed by atoms with E-state index in [1.54, 1.807) is 12.1 Å². The van der Waals surface area contributed by atoms with Gasteiger partial charge in [0.1, 0.15) is 0 Å². The minimum absolute atomic E-state index is 0. The number of benzene rings is 2. The highest BCUT2D eigenvalue weighted by atomic mass is 35.5. The second-order valence-electron chi connectivity index (χ2n) is 6.47. The van der Waals surface area contributed by atoms with Crippen LogP contribution in [0, 0.1) is 17.6 Å². The zero-order valence-electron chi connectivity index (χ0n) is 14.8. The Balaban J connectivity index is 0.00000261. The molecule has 1 aliphatic heterocycles. The molecule has 1 unspecified atom stereocenters. The average molecular weight is 397 g/mol. The molecule has 0 bridgehead atoms. The summed E-state index contributed by atoms with van der Waals surface area (Å²) in [6.07, 6.45) is 2.45. The van der Waals surface area contributed by atoms with Crippen LogP contribution in [0.4, 0.5) is 8.78 Å². The molecule has 4 nitrogen and oxygen atoms in total. The molecular weight excluding hydrogens is 374 g/mol. The van der Waals surface area contributed by atoms with Crippen molar-refractivity contribution in [3.05, 3.63) is 59.7 Å². The fourth-order valence-electron chi connectivity index (χ4n) is 2.97. The molecule has 2 aromatic rings. The van der Waals surface area contributed by atoms with Crippen LogP contribution in [0.25, 0.3) is 0 Å². The Morgan fingerprint density at radius 1 is 1.15 bits per heavy atom. The van der Waals surface area contributed by atoms with Gasteiger partial charge >= 0.3 is 0 Å². The van der Waals surface area contributed by atoms with Crippen LogP contribution in [0.5, 0.6) is 11.5 Å². The monoisotopic (exact) mass is 396 g/mol. The van der Waals surface area contributed by atoms with Crippen LogP contribution in [0.2, 0.25) is 0 Å². The van der Waals surface area contributed by atoms with Gasteiger partial charge in [0.25, 0.3) is 0 Å². The number of hydrogen-bond donors (Lipinski definition) is 2. The van der Waals surface area contributed by atoms with Crippen molar-refractivity contribution in [2.75, 3.05) is 13.1 Å². The zero-order chi connectivity index (χ0) is 18.4. The molecular formula is C20H23ClF2N2O2. The molecule has 0 radical (unpaired) electrons. The fourth-order valence-corrected chi connectivity index (χ4v) is 2.97. The molecule has 146 valence electrons. The quantitative estimate of drug-likeness (QED) is 0.738. The van der Waals surface area contributed by atoms with Crippen LogP contribution >= 0.6 is 12.4 Å². The Labute approximate surface area is 163 Å². The number of amides is 1. The summed E-state index contributed by atoms with van der Waals surface area (Å²) >= 11 is 0. The number of halogens is 3. The Morgan fingerprint density at radius 2 is 1.93 bits per heavy atom. The Bertz CT molecular complexity index is 767. The van der Waals surface area contributed by atoms with E-state index < -0.39 is 11.6 Å². The Kier molecular flexibility index (Phi) is 8.00. The third-order valence-corrected chi connectivity index (χ3v) is 4.48. The number of ether oxygens (including phenoxy) is 1. The van der Waals surface area contributed by atoms with Crippen molar-refractivity contribution in [2.45, 2.75) is 25.8 Å². The molecule has 1 aliphatic rings. The first kappa shape index (κ1) is 21.1. The van der Waals surface area contributed by atoms with Crippen LogP contribution in [-0.4, -0.2) is 19.0 Å². The third kappa shape index (κ3) is 6.19. The lowest BCUT2D eigenvalue weighted by Gasteiger charge is -2.11. The summed E-state index contributed by atoms with van der Waals surface area (Å²) in [7, 11) is 0. The highest BCUT2D eigenvalue weighted by molar-refractivity contribution is 5.85. The first-order valence-electron chi connectivity index (χ1n) is 8.80. The van der Waals surface area contributed by atoms with Crippen molar-refractivity contribution in [2.24, 2.45) is 5.92 Å². The normalized spacial score (nSPS) is 15.9. The van der Waals surface area contributed by atoms with E-state index in [0.717, 1.165) is 25.9 Å². The van der Waals surface area contributed by atoms with Gasteiger partial charge in [0.05, 0.1) is 0 Å². The summed E-state index contributed by atoms with van der Waals surface area (Å²) in [6.45, 7) is 2.24. The molecule has 0 saturated carbocycles. The molecule has 0 aromatic heterocycles. The largest absolute Gasteiger partial charge is 0.451 e. The van der Waals surface area contributed by atoms with Gasteiger partial charge in [0.2, 0.25) is 5.91 Å². The van der Waals surface area contributed by atoms with Crippen molar-refractivity contribution < 1.29 is 18.3 Å². The molecule has 27 heavy (non-hydrogen) atoms. The van der Waals surface area contributed by atoms with Gasteiger partial charge < -0.3 is 15.4 Å². The van der Waals surface area contributed by atoms with Crippen molar-refractivity contribution in [1.29, 1.82) is 0 Å². The topological polar surface area (TPSA) is 50.4 Å². The van der Waals surface area contributed by atoms with Gasteiger partial charge in [-0.15, -0.1) is 12.4 Å². The number of hydrogen-bond acceptors (Lipinski definition) is 3. The zero-order valence-corrected chi connectivity index (χ0v) is 15.7. The maximum absolute atomic E-state index is 14.2. The van der Waals surface area contributed by atoms with Gasteiger partial charge in [-0.2, -0.15) is 0 Å². The lowest BCUT2D eigenvalue weighted by molar-refractivity contribution is -0.121. The SMILES string of the molecule is Cl.O=C(CCC1CCNC1)NCc1ccc(Oc2ccccc2F)c(F)c1. The number of nitrogens with one attached hydrogen (secondary N) is 2. The van der Waals surface area contributed by atoms with Gasteiger partial charge in [-0.05, 0) is 61.7 Å². The van der Waals surface area contributed by atoms with E-state index in [-0.39, 0.29) is 36.4 Å². The molecule has 1 saturated heterocycles. The van der Waals surface area contributed by atoms with Gasteiger partial charge in [0, 0.05) is 13.0 Å². The molecule has 2 aromatic carbocycles. The molecule has 0 aliphatic carbocycles. The lowest BCUT2D eigenvalue weighted by atomic mass is 10.0. The molecule has 7 heteroatoms. The average Bonchev–Trinajstić information content (AvgIpc) is 3.15. The molecule has 0 spiro atoms. The van der Waals surface area contributed by atoms with E-state index in [1.807, 2.05) is 0 Å². The highest BCUT2D eigenvalue weighted by Crippen LogP contribution is 2.27. The summed E-state index contributed by atoms with van der Waals surface area (Å²) in [5.74, 6) is -0.720. The third-order valence-electron chi connectivity index (χ3n) is 4.48. The predicted molar refractivity (Wildman–Crippen MR) is 102 cm³/mol. The minimum atomic E-state index is -0.600. The summed E-state index contributed by atoms with van der Waals surface area (Å²) in [5.41, 5.74) is 0.624. The molecule has 1 fully saturated rings. The molecule has 2 N–H and O–H groups in total. The Hall–Kier alpha value is -2.18. The van der Waals surface area contributed by atoms with Gasteiger partial charge in [-0.1, -0.05) is 18.2 Å². The van der Waals surface area contributed by atoms with Crippen LogP contribution in [0.1, 0.15) is 24.8 Å². The smallest absolute Gasteiger partial charge is 0.220 e. The summed E-state index contributed by atoms with van der Waals surface area (Å²) in [6, 6.07) is 10.2. The first-order valence-corrected chi connectivity index (χ1v) is 8.80. The Morgan fingerprint density at radius 3 is 2.63 bits per heavy atom. The second kappa shape index (κ2) is 10.2. The van der Waals surface area contributed by atoms with E-state index in [4.69, 9.17) is 4.74 Å². The van der Waals surface area contributed by atoms with Crippen molar-refractivity contribution in [3.63, 3.8) is 0 Å². The molecule has 1 heterocycles. The first-order chi connectivity index (χ1) is 12.6. The summed E-state index contributed by atoms with van der Waals surface area (Å²) in [4.78, 5) is 11.9. The van der Waals surface area contributed by atoms with Crippen LogP contribution in [0.3, 0.4) is 0 Å². The van der Waals surface area contributed by atoms with E-state index in [9.17, 15) is 13.6 Å². The van der Waals surface area contributed by atoms with Crippen molar-refractivity contribution in [1.82, 2.24) is 10.6 Å². The van der Waals surface area contributed by atoms with E-state index in [0.29, 0.717) is 17.9 Å². The lowest BCUT2D eigenvalue weighted by Crippen LogP contribution is -2.23. The van der Waals surface area contributed by atoms with E-state index in [2.05, 4.69) is 10.6 Å². The number of para-hydroxylation sites is 1. The molecule has 1 atom stereocenters. The molecule has 3 rings (SSSR count). The predicted octanol–water partition coefficient (Wildman–Crippen LogP) is 4.18. The van der Waals surface area contributed by atoms with Crippen LogP contribution in [0.15, 0.2) is 42.5 Å².